The highest BCUT2D eigenvalue weighted by Crippen LogP contribution is 2.33. The third-order valence-electron chi connectivity index (χ3n) is 3.43. The van der Waals surface area contributed by atoms with Gasteiger partial charge in [0.1, 0.15) is 0 Å². The van der Waals surface area contributed by atoms with Crippen LogP contribution in [0.15, 0.2) is 11.4 Å². The number of carbonyl (C=O) groups is 1. The summed E-state index contributed by atoms with van der Waals surface area (Å²) in [6, 6.07) is 1.93. The SMILES string of the molecule is CC(C)C[C@@H](N)C(=O)NC1CCCc2sccc21. The van der Waals surface area contributed by atoms with Crippen LogP contribution in [0.25, 0.3) is 0 Å². The monoisotopic (exact) mass is 266 g/mol. The Morgan fingerprint density at radius 1 is 1.61 bits per heavy atom. The van der Waals surface area contributed by atoms with Gasteiger partial charge in [0.2, 0.25) is 5.91 Å². The zero-order chi connectivity index (χ0) is 13.1. The van der Waals surface area contributed by atoms with Gasteiger partial charge in [-0.15, -0.1) is 11.3 Å². The lowest BCUT2D eigenvalue weighted by molar-refractivity contribution is -0.123. The van der Waals surface area contributed by atoms with Crippen molar-refractivity contribution in [2.45, 2.75) is 51.6 Å². The highest BCUT2D eigenvalue weighted by Gasteiger charge is 2.24. The summed E-state index contributed by atoms with van der Waals surface area (Å²) in [5, 5.41) is 5.22. The largest absolute Gasteiger partial charge is 0.348 e. The van der Waals surface area contributed by atoms with Crippen LogP contribution in [-0.2, 0) is 11.2 Å². The third-order valence-corrected chi connectivity index (χ3v) is 4.43. The minimum Gasteiger partial charge on any atom is -0.348 e. The van der Waals surface area contributed by atoms with Gasteiger partial charge in [-0.05, 0) is 48.6 Å². The fraction of sp³-hybridized carbons (Fsp3) is 0.643. The van der Waals surface area contributed by atoms with Gasteiger partial charge in [0, 0.05) is 4.88 Å². The smallest absolute Gasteiger partial charge is 0.237 e. The minimum atomic E-state index is -0.381. The number of carbonyl (C=O) groups excluding carboxylic acids is 1. The zero-order valence-corrected chi connectivity index (χ0v) is 11.9. The topological polar surface area (TPSA) is 55.1 Å². The molecule has 1 aliphatic rings. The summed E-state index contributed by atoms with van der Waals surface area (Å²) in [5.74, 6) is 0.446. The maximum atomic E-state index is 12.0. The third kappa shape index (κ3) is 3.12. The van der Waals surface area contributed by atoms with Gasteiger partial charge in [-0.25, -0.2) is 0 Å². The number of hydrogen-bond donors (Lipinski definition) is 2. The van der Waals surface area contributed by atoms with Gasteiger partial charge in [-0.2, -0.15) is 0 Å². The molecule has 1 unspecified atom stereocenters. The second-order valence-corrected chi connectivity index (χ2v) is 6.49. The van der Waals surface area contributed by atoms with E-state index in [-0.39, 0.29) is 18.0 Å². The van der Waals surface area contributed by atoms with Crippen LogP contribution in [-0.4, -0.2) is 11.9 Å². The van der Waals surface area contributed by atoms with Crippen LogP contribution in [0, 0.1) is 5.92 Å². The van der Waals surface area contributed by atoms with E-state index in [0.29, 0.717) is 5.92 Å². The highest BCUT2D eigenvalue weighted by molar-refractivity contribution is 7.10. The normalized spacial score (nSPS) is 20.6. The van der Waals surface area contributed by atoms with Crippen LogP contribution in [0.3, 0.4) is 0 Å². The van der Waals surface area contributed by atoms with E-state index in [9.17, 15) is 4.79 Å². The average Bonchev–Trinajstić information content (AvgIpc) is 2.77. The molecule has 3 nitrogen and oxygen atoms in total. The van der Waals surface area contributed by atoms with Crippen molar-refractivity contribution in [3.8, 4) is 0 Å². The molecule has 0 aliphatic heterocycles. The quantitative estimate of drug-likeness (QED) is 0.880. The highest BCUT2D eigenvalue weighted by atomic mass is 32.1. The van der Waals surface area contributed by atoms with Crippen molar-refractivity contribution in [3.63, 3.8) is 0 Å². The van der Waals surface area contributed by atoms with E-state index in [1.54, 1.807) is 11.3 Å². The van der Waals surface area contributed by atoms with Crippen molar-refractivity contribution >= 4 is 17.2 Å². The fourth-order valence-electron chi connectivity index (χ4n) is 2.53. The summed E-state index contributed by atoms with van der Waals surface area (Å²) in [6.45, 7) is 4.18. The van der Waals surface area contributed by atoms with Crippen LogP contribution >= 0.6 is 11.3 Å². The Balaban J connectivity index is 1.97. The predicted molar refractivity (Wildman–Crippen MR) is 75.6 cm³/mol. The predicted octanol–water partition coefficient (Wildman–Crippen LogP) is 2.62. The van der Waals surface area contributed by atoms with E-state index < -0.39 is 0 Å². The lowest BCUT2D eigenvalue weighted by atomic mass is 9.93. The molecule has 18 heavy (non-hydrogen) atoms. The minimum absolute atomic E-state index is 0.00671. The number of nitrogens with two attached hydrogens (primary N) is 1. The van der Waals surface area contributed by atoms with Crippen molar-refractivity contribution < 1.29 is 4.79 Å². The molecule has 0 spiro atoms. The number of aryl methyl sites for hydroxylation is 1. The Morgan fingerprint density at radius 3 is 3.11 bits per heavy atom. The first kappa shape index (κ1) is 13.6. The number of rotatable bonds is 4. The summed E-state index contributed by atoms with van der Waals surface area (Å²) in [7, 11) is 0. The van der Waals surface area contributed by atoms with Crippen LogP contribution in [0.1, 0.15) is 49.6 Å². The van der Waals surface area contributed by atoms with Crippen molar-refractivity contribution in [2.24, 2.45) is 11.7 Å². The summed E-state index contributed by atoms with van der Waals surface area (Å²) in [4.78, 5) is 13.5. The van der Waals surface area contributed by atoms with Crippen molar-refractivity contribution in [3.05, 3.63) is 21.9 Å². The molecule has 1 amide bonds. The van der Waals surface area contributed by atoms with Gasteiger partial charge >= 0.3 is 0 Å². The molecule has 1 heterocycles. The van der Waals surface area contributed by atoms with E-state index in [0.717, 1.165) is 25.7 Å². The molecule has 1 aromatic rings. The van der Waals surface area contributed by atoms with Crippen LogP contribution in [0.4, 0.5) is 0 Å². The van der Waals surface area contributed by atoms with Gasteiger partial charge in [-0.1, -0.05) is 13.8 Å². The van der Waals surface area contributed by atoms with Crippen LogP contribution in [0.2, 0.25) is 0 Å². The van der Waals surface area contributed by atoms with Gasteiger partial charge in [-0.3, -0.25) is 4.79 Å². The van der Waals surface area contributed by atoms with E-state index in [2.05, 4.69) is 30.6 Å². The first-order valence-electron chi connectivity index (χ1n) is 6.70. The van der Waals surface area contributed by atoms with Gasteiger partial charge in [0.25, 0.3) is 0 Å². The van der Waals surface area contributed by atoms with Gasteiger partial charge < -0.3 is 11.1 Å². The van der Waals surface area contributed by atoms with Crippen molar-refractivity contribution in [2.75, 3.05) is 0 Å². The van der Waals surface area contributed by atoms with Crippen LogP contribution in [0.5, 0.6) is 0 Å². The Bertz CT molecular complexity index is 414. The Hall–Kier alpha value is -0.870. The molecule has 1 aromatic heterocycles. The Morgan fingerprint density at radius 2 is 2.39 bits per heavy atom. The first-order chi connectivity index (χ1) is 8.58. The molecule has 0 radical (unpaired) electrons. The lowest BCUT2D eigenvalue weighted by Crippen LogP contribution is -2.43. The van der Waals surface area contributed by atoms with E-state index >= 15 is 0 Å². The van der Waals surface area contributed by atoms with Gasteiger partial charge in [0.15, 0.2) is 0 Å². The maximum absolute atomic E-state index is 12.0. The van der Waals surface area contributed by atoms with Crippen molar-refractivity contribution in [1.82, 2.24) is 5.32 Å². The second kappa shape index (κ2) is 5.85. The van der Waals surface area contributed by atoms with Crippen molar-refractivity contribution in [1.29, 1.82) is 0 Å². The Labute approximate surface area is 113 Å². The van der Waals surface area contributed by atoms with E-state index in [4.69, 9.17) is 5.73 Å². The summed E-state index contributed by atoms with van der Waals surface area (Å²) < 4.78 is 0. The molecular weight excluding hydrogens is 244 g/mol. The molecule has 0 aromatic carbocycles. The molecule has 1 aliphatic carbocycles. The van der Waals surface area contributed by atoms with E-state index in [1.165, 1.54) is 10.4 Å². The standard InChI is InChI=1S/C14H22N2OS/c1-9(2)8-11(15)14(17)16-12-4-3-5-13-10(12)6-7-18-13/h6-7,9,11-12H,3-5,8,15H2,1-2H3,(H,16,17)/t11-,12?/m1/s1. The molecule has 0 saturated carbocycles. The zero-order valence-electron chi connectivity index (χ0n) is 11.1. The second-order valence-electron chi connectivity index (χ2n) is 5.49. The van der Waals surface area contributed by atoms with Crippen LogP contribution < -0.4 is 11.1 Å². The average molecular weight is 266 g/mol. The molecule has 4 heteroatoms. The Kier molecular flexibility index (Phi) is 4.40. The number of amides is 1. The summed E-state index contributed by atoms with van der Waals surface area (Å²) in [5.41, 5.74) is 7.22. The maximum Gasteiger partial charge on any atom is 0.237 e. The fourth-order valence-corrected chi connectivity index (χ4v) is 3.52. The number of nitrogens with one attached hydrogen (secondary N) is 1. The molecular formula is C14H22N2OS. The van der Waals surface area contributed by atoms with E-state index in [1.807, 2.05) is 0 Å². The molecule has 3 N–H and O–H groups in total. The number of fused-ring (bicyclic) bond motifs is 1. The molecule has 100 valence electrons. The number of hydrogen-bond acceptors (Lipinski definition) is 3. The molecule has 0 bridgehead atoms. The lowest BCUT2D eigenvalue weighted by Gasteiger charge is -2.25. The summed E-state index contributed by atoms with van der Waals surface area (Å²) in [6.07, 6.45) is 4.08. The first-order valence-corrected chi connectivity index (χ1v) is 7.58. The molecule has 0 fully saturated rings. The summed E-state index contributed by atoms with van der Waals surface area (Å²) >= 11 is 1.79. The van der Waals surface area contributed by atoms with Gasteiger partial charge in [0.05, 0.1) is 12.1 Å². The molecule has 2 atom stereocenters. The number of thiophene rings is 1. The molecule has 2 rings (SSSR count). The molecule has 0 saturated heterocycles.